The summed E-state index contributed by atoms with van der Waals surface area (Å²) >= 11 is 0. The molecule has 1 aromatic carbocycles. The Hall–Kier alpha value is -2.76. The van der Waals surface area contributed by atoms with Crippen molar-refractivity contribution in [3.63, 3.8) is 0 Å². The van der Waals surface area contributed by atoms with E-state index in [1.54, 1.807) is 20.4 Å². The average Bonchev–Trinajstić information content (AvgIpc) is 3.16. The van der Waals surface area contributed by atoms with Crippen LogP contribution in [0, 0.1) is 0 Å². The molecule has 0 spiro atoms. The molecule has 2 aromatic rings. The van der Waals surface area contributed by atoms with E-state index in [2.05, 4.69) is 10.3 Å². The Balaban J connectivity index is 1.73. The van der Waals surface area contributed by atoms with E-state index < -0.39 is 0 Å². The maximum atomic E-state index is 12.6. The first-order valence-electron chi connectivity index (χ1n) is 8.39. The van der Waals surface area contributed by atoms with Crippen LogP contribution < -0.4 is 14.8 Å². The molecule has 1 N–H and O–H groups in total. The van der Waals surface area contributed by atoms with E-state index in [4.69, 9.17) is 9.47 Å². The quantitative estimate of drug-likeness (QED) is 0.907. The van der Waals surface area contributed by atoms with Gasteiger partial charge in [-0.1, -0.05) is 6.07 Å². The fourth-order valence-corrected chi connectivity index (χ4v) is 3.20. The monoisotopic (exact) mass is 341 g/mol. The predicted molar refractivity (Wildman–Crippen MR) is 94.7 cm³/mol. The first-order chi connectivity index (χ1) is 12.2. The van der Waals surface area contributed by atoms with Gasteiger partial charge in [-0.25, -0.2) is 4.79 Å². The molecule has 0 unspecified atom stereocenters. The van der Waals surface area contributed by atoms with E-state index in [9.17, 15) is 4.79 Å². The van der Waals surface area contributed by atoms with Crippen molar-refractivity contribution in [1.29, 1.82) is 0 Å². The normalized spacial score (nSPS) is 16.6. The highest BCUT2D eigenvalue weighted by Gasteiger charge is 2.31. The second kappa shape index (κ2) is 7.88. The molecule has 2 heterocycles. The summed E-state index contributed by atoms with van der Waals surface area (Å²) in [5.41, 5.74) is 1.85. The highest BCUT2D eigenvalue weighted by Crippen LogP contribution is 2.38. The Kier molecular flexibility index (Phi) is 5.38. The molecule has 132 valence electrons. The smallest absolute Gasteiger partial charge is 0.318 e. The fourth-order valence-electron chi connectivity index (χ4n) is 3.20. The van der Waals surface area contributed by atoms with E-state index in [1.165, 1.54) is 0 Å². The van der Waals surface area contributed by atoms with Crippen molar-refractivity contribution in [2.24, 2.45) is 0 Å². The van der Waals surface area contributed by atoms with Crippen LogP contribution in [0.3, 0.4) is 0 Å². The van der Waals surface area contributed by atoms with Crippen LogP contribution in [-0.2, 0) is 6.54 Å². The number of hydrogen-bond donors (Lipinski definition) is 1. The largest absolute Gasteiger partial charge is 0.497 e. The maximum absolute atomic E-state index is 12.6. The molecule has 1 aliphatic heterocycles. The van der Waals surface area contributed by atoms with Crippen molar-refractivity contribution in [2.45, 2.75) is 25.4 Å². The summed E-state index contributed by atoms with van der Waals surface area (Å²) in [4.78, 5) is 18.7. The second-order valence-corrected chi connectivity index (χ2v) is 5.94. The van der Waals surface area contributed by atoms with Crippen molar-refractivity contribution < 1.29 is 14.3 Å². The number of hydrogen-bond acceptors (Lipinski definition) is 4. The number of benzene rings is 1. The third-order valence-corrected chi connectivity index (χ3v) is 4.46. The summed E-state index contributed by atoms with van der Waals surface area (Å²) < 4.78 is 10.8. The van der Waals surface area contributed by atoms with Crippen LogP contribution in [0.4, 0.5) is 4.79 Å². The summed E-state index contributed by atoms with van der Waals surface area (Å²) in [6, 6.07) is 11.3. The summed E-state index contributed by atoms with van der Waals surface area (Å²) in [5, 5.41) is 2.96. The molecule has 2 amide bonds. The number of carbonyl (C=O) groups excluding carboxylic acids is 1. The Bertz CT molecular complexity index is 721. The number of likely N-dealkylation sites (tertiary alicyclic amines) is 1. The van der Waals surface area contributed by atoms with Gasteiger partial charge < -0.3 is 19.7 Å². The molecule has 0 radical (unpaired) electrons. The van der Waals surface area contributed by atoms with Gasteiger partial charge in [0.05, 0.1) is 32.5 Å². The van der Waals surface area contributed by atoms with E-state index in [1.807, 2.05) is 41.3 Å². The zero-order chi connectivity index (χ0) is 17.6. The SMILES string of the molecule is COc1ccc([C@H]2CCCN2C(=O)NCc2ccccn2)c(OC)c1. The lowest BCUT2D eigenvalue weighted by molar-refractivity contribution is 0.191. The van der Waals surface area contributed by atoms with E-state index in [0.29, 0.717) is 6.54 Å². The molecular formula is C19H23N3O3. The molecule has 1 atom stereocenters. The van der Waals surface area contributed by atoms with Crippen LogP contribution in [-0.4, -0.2) is 36.7 Å². The molecular weight excluding hydrogens is 318 g/mol. The minimum Gasteiger partial charge on any atom is -0.497 e. The van der Waals surface area contributed by atoms with Gasteiger partial charge in [-0.05, 0) is 37.1 Å². The molecule has 6 heteroatoms. The first-order valence-corrected chi connectivity index (χ1v) is 8.39. The Morgan fingerprint density at radius 3 is 2.88 bits per heavy atom. The molecule has 0 aliphatic carbocycles. The highest BCUT2D eigenvalue weighted by molar-refractivity contribution is 5.75. The highest BCUT2D eigenvalue weighted by atomic mass is 16.5. The van der Waals surface area contributed by atoms with Crippen LogP contribution in [0.2, 0.25) is 0 Å². The number of amides is 2. The predicted octanol–water partition coefficient (Wildman–Crippen LogP) is 3.15. The van der Waals surface area contributed by atoms with Crippen molar-refractivity contribution >= 4 is 6.03 Å². The van der Waals surface area contributed by atoms with E-state index in [0.717, 1.165) is 42.1 Å². The molecule has 1 saturated heterocycles. The second-order valence-electron chi connectivity index (χ2n) is 5.94. The van der Waals surface area contributed by atoms with Gasteiger partial charge in [-0.3, -0.25) is 4.98 Å². The maximum Gasteiger partial charge on any atom is 0.318 e. The lowest BCUT2D eigenvalue weighted by atomic mass is 10.0. The van der Waals surface area contributed by atoms with Gasteiger partial charge in [0.15, 0.2) is 0 Å². The van der Waals surface area contributed by atoms with Crippen LogP contribution in [0.25, 0.3) is 0 Å². The first kappa shape index (κ1) is 17.1. The van der Waals surface area contributed by atoms with Gasteiger partial charge >= 0.3 is 6.03 Å². The summed E-state index contributed by atoms with van der Waals surface area (Å²) in [5.74, 6) is 1.48. The lowest BCUT2D eigenvalue weighted by Gasteiger charge is -2.26. The number of nitrogens with zero attached hydrogens (tertiary/aromatic N) is 2. The van der Waals surface area contributed by atoms with E-state index >= 15 is 0 Å². The number of rotatable bonds is 5. The molecule has 0 saturated carbocycles. The summed E-state index contributed by atoms with van der Waals surface area (Å²) in [6.45, 7) is 1.15. The summed E-state index contributed by atoms with van der Waals surface area (Å²) in [7, 11) is 3.26. The van der Waals surface area contributed by atoms with Crippen LogP contribution in [0.5, 0.6) is 11.5 Å². The number of urea groups is 1. The third kappa shape index (κ3) is 3.84. The van der Waals surface area contributed by atoms with Gasteiger partial charge in [-0.2, -0.15) is 0 Å². The minimum absolute atomic E-state index is 0.00425. The Morgan fingerprint density at radius 2 is 2.16 bits per heavy atom. The van der Waals surface area contributed by atoms with Gasteiger partial charge in [0, 0.05) is 24.4 Å². The van der Waals surface area contributed by atoms with Crippen molar-refractivity contribution in [3.05, 3.63) is 53.9 Å². The Labute approximate surface area is 147 Å². The number of nitrogens with one attached hydrogen (secondary N) is 1. The molecule has 1 fully saturated rings. The zero-order valence-corrected chi connectivity index (χ0v) is 14.6. The lowest BCUT2D eigenvalue weighted by Crippen LogP contribution is -2.39. The number of ether oxygens (including phenoxy) is 2. The van der Waals surface area contributed by atoms with Crippen LogP contribution >= 0.6 is 0 Å². The van der Waals surface area contributed by atoms with Gasteiger partial charge in [0.1, 0.15) is 11.5 Å². The van der Waals surface area contributed by atoms with Crippen LogP contribution in [0.15, 0.2) is 42.6 Å². The molecule has 1 aliphatic rings. The third-order valence-electron chi connectivity index (χ3n) is 4.46. The number of pyridine rings is 1. The molecule has 25 heavy (non-hydrogen) atoms. The number of methoxy groups -OCH3 is 2. The number of aromatic nitrogens is 1. The molecule has 1 aromatic heterocycles. The average molecular weight is 341 g/mol. The molecule has 3 rings (SSSR count). The summed E-state index contributed by atoms with van der Waals surface area (Å²) in [6.07, 6.45) is 3.61. The van der Waals surface area contributed by atoms with Crippen molar-refractivity contribution in [1.82, 2.24) is 15.2 Å². The molecule has 6 nitrogen and oxygen atoms in total. The topological polar surface area (TPSA) is 63.7 Å². The van der Waals surface area contributed by atoms with Gasteiger partial charge in [-0.15, -0.1) is 0 Å². The van der Waals surface area contributed by atoms with Gasteiger partial charge in [0.25, 0.3) is 0 Å². The Morgan fingerprint density at radius 1 is 1.28 bits per heavy atom. The van der Waals surface area contributed by atoms with Crippen molar-refractivity contribution in [3.8, 4) is 11.5 Å². The minimum atomic E-state index is -0.0778. The fraction of sp³-hybridized carbons (Fsp3) is 0.368. The van der Waals surface area contributed by atoms with E-state index in [-0.39, 0.29) is 12.1 Å². The molecule has 0 bridgehead atoms. The van der Waals surface area contributed by atoms with Gasteiger partial charge in [0.2, 0.25) is 0 Å². The number of carbonyl (C=O) groups is 1. The van der Waals surface area contributed by atoms with Crippen molar-refractivity contribution in [2.75, 3.05) is 20.8 Å². The van der Waals surface area contributed by atoms with Crippen LogP contribution in [0.1, 0.15) is 30.1 Å². The standard InChI is InChI=1S/C19H23N3O3/c1-24-15-8-9-16(18(12-15)25-2)17-7-5-11-22(17)19(23)21-13-14-6-3-4-10-20-14/h3-4,6,8-10,12,17H,5,7,11,13H2,1-2H3,(H,21,23)/t17-/m1/s1. The zero-order valence-electron chi connectivity index (χ0n) is 14.6.